The number of hydrogen-bond donors (Lipinski definition) is 2. The molecule has 2 N–H and O–H groups in total. The van der Waals surface area contributed by atoms with E-state index in [9.17, 15) is 8.42 Å². The standard InChI is InChI=1S/C24H30N2O2S3/c1-18(13-19-7-3-2-4-8-19)25-15-20-9-5-6-10-23(20)26-31(27,28)24-14-22(17-30-24)21-11-12-29-16-21/h5-6,9-12,14,16-19,25-26H,2-4,7-8,13,15H2,1H3/t18-/m0/s1. The average Bonchev–Trinajstić information content (AvgIpc) is 3.46. The molecule has 3 aromatic rings. The summed E-state index contributed by atoms with van der Waals surface area (Å²) in [5, 5.41) is 9.53. The lowest BCUT2D eigenvalue weighted by Crippen LogP contribution is -2.29. The molecule has 0 aliphatic heterocycles. The Kier molecular flexibility index (Phi) is 7.48. The number of sulfonamides is 1. The smallest absolute Gasteiger partial charge is 0.271 e. The van der Waals surface area contributed by atoms with Crippen LogP contribution in [0.1, 0.15) is 51.0 Å². The Morgan fingerprint density at radius 3 is 2.65 bits per heavy atom. The zero-order valence-corrected chi connectivity index (χ0v) is 20.3. The molecule has 31 heavy (non-hydrogen) atoms. The Hall–Kier alpha value is -1.67. The molecule has 1 aromatic carbocycles. The molecule has 2 heterocycles. The Balaban J connectivity index is 1.40. The first-order valence-corrected chi connectivity index (χ1v) is 14.3. The van der Waals surface area contributed by atoms with Crippen molar-refractivity contribution in [3.63, 3.8) is 0 Å². The summed E-state index contributed by atoms with van der Waals surface area (Å²) in [7, 11) is -3.62. The van der Waals surface area contributed by atoms with Gasteiger partial charge in [-0.15, -0.1) is 11.3 Å². The van der Waals surface area contributed by atoms with Crippen molar-refractivity contribution < 1.29 is 8.42 Å². The maximum Gasteiger partial charge on any atom is 0.271 e. The zero-order chi connectivity index (χ0) is 21.7. The van der Waals surface area contributed by atoms with Crippen LogP contribution in [0.3, 0.4) is 0 Å². The fourth-order valence-corrected chi connectivity index (χ4v) is 7.25. The third-order valence-electron chi connectivity index (χ3n) is 6.01. The maximum atomic E-state index is 13.0. The molecule has 1 fully saturated rings. The van der Waals surface area contributed by atoms with Gasteiger partial charge in [0.15, 0.2) is 0 Å². The topological polar surface area (TPSA) is 58.2 Å². The molecule has 0 saturated heterocycles. The van der Waals surface area contributed by atoms with E-state index in [0.29, 0.717) is 22.5 Å². The van der Waals surface area contributed by atoms with Crippen molar-refractivity contribution in [2.75, 3.05) is 4.72 Å². The third kappa shape index (κ3) is 5.98. The molecule has 1 saturated carbocycles. The number of para-hydroxylation sites is 1. The molecule has 2 aromatic heterocycles. The molecule has 4 rings (SSSR count). The first-order valence-electron chi connectivity index (χ1n) is 11.0. The normalized spacial score (nSPS) is 16.3. The summed E-state index contributed by atoms with van der Waals surface area (Å²) >= 11 is 2.86. The fraction of sp³-hybridized carbons (Fsp3) is 0.417. The highest BCUT2D eigenvalue weighted by Crippen LogP contribution is 2.31. The van der Waals surface area contributed by atoms with Crippen molar-refractivity contribution >= 4 is 38.4 Å². The van der Waals surface area contributed by atoms with Crippen LogP contribution in [0.15, 0.2) is 56.7 Å². The quantitative estimate of drug-likeness (QED) is 0.362. The van der Waals surface area contributed by atoms with E-state index in [0.717, 1.165) is 22.6 Å². The summed E-state index contributed by atoms with van der Waals surface area (Å²) in [5.74, 6) is 0.821. The van der Waals surface area contributed by atoms with Gasteiger partial charge in [0.05, 0.1) is 5.69 Å². The van der Waals surface area contributed by atoms with Crippen LogP contribution in [0.2, 0.25) is 0 Å². The number of thiophene rings is 2. The molecule has 1 aliphatic rings. The van der Waals surface area contributed by atoms with Crippen LogP contribution >= 0.6 is 22.7 Å². The van der Waals surface area contributed by atoms with E-state index in [1.807, 2.05) is 46.5 Å². The predicted molar refractivity (Wildman–Crippen MR) is 132 cm³/mol. The molecule has 166 valence electrons. The lowest BCUT2D eigenvalue weighted by Gasteiger charge is -2.25. The van der Waals surface area contributed by atoms with Crippen molar-refractivity contribution in [2.24, 2.45) is 5.92 Å². The van der Waals surface area contributed by atoms with Crippen LogP contribution in [0.25, 0.3) is 11.1 Å². The van der Waals surface area contributed by atoms with Gasteiger partial charge in [0.2, 0.25) is 0 Å². The van der Waals surface area contributed by atoms with Gasteiger partial charge in [-0.2, -0.15) is 11.3 Å². The predicted octanol–water partition coefficient (Wildman–Crippen LogP) is 6.73. The van der Waals surface area contributed by atoms with Gasteiger partial charge < -0.3 is 5.32 Å². The van der Waals surface area contributed by atoms with Crippen molar-refractivity contribution in [3.8, 4) is 11.1 Å². The van der Waals surface area contributed by atoms with Crippen molar-refractivity contribution in [3.05, 3.63) is 58.1 Å². The van der Waals surface area contributed by atoms with Gasteiger partial charge >= 0.3 is 0 Å². The van der Waals surface area contributed by atoms with Crippen LogP contribution in [0, 0.1) is 5.92 Å². The first-order chi connectivity index (χ1) is 15.0. The number of nitrogens with one attached hydrogen (secondary N) is 2. The molecule has 0 amide bonds. The van der Waals surface area contributed by atoms with Crippen LogP contribution in [0.5, 0.6) is 0 Å². The minimum atomic E-state index is -3.62. The molecule has 4 nitrogen and oxygen atoms in total. The SMILES string of the molecule is C[C@@H](CC1CCCCC1)NCc1ccccc1NS(=O)(=O)c1cc(-c2ccsc2)cs1. The second-order valence-electron chi connectivity index (χ2n) is 8.45. The molecular formula is C24H30N2O2S3. The lowest BCUT2D eigenvalue weighted by molar-refractivity contribution is 0.305. The Morgan fingerprint density at radius 1 is 1.06 bits per heavy atom. The number of rotatable bonds is 9. The highest BCUT2D eigenvalue weighted by Gasteiger charge is 2.20. The van der Waals surface area contributed by atoms with Crippen LogP contribution < -0.4 is 10.0 Å². The average molecular weight is 475 g/mol. The molecule has 7 heteroatoms. The van der Waals surface area contributed by atoms with Gasteiger partial charge in [-0.1, -0.05) is 50.3 Å². The molecular weight excluding hydrogens is 444 g/mol. The zero-order valence-electron chi connectivity index (χ0n) is 17.8. The largest absolute Gasteiger partial charge is 0.310 e. The Labute approximate surface area is 193 Å². The number of hydrogen-bond acceptors (Lipinski definition) is 5. The minimum Gasteiger partial charge on any atom is -0.310 e. The van der Waals surface area contributed by atoms with Crippen molar-refractivity contribution in [1.29, 1.82) is 0 Å². The highest BCUT2D eigenvalue weighted by molar-refractivity contribution is 7.94. The molecule has 0 unspecified atom stereocenters. The summed E-state index contributed by atoms with van der Waals surface area (Å²) in [6, 6.07) is 11.8. The van der Waals surface area contributed by atoms with Crippen molar-refractivity contribution in [1.82, 2.24) is 5.32 Å². The fourth-order valence-electron chi connectivity index (χ4n) is 4.30. The van der Waals surface area contributed by atoms with Crippen LogP contribution in [0.4, 0.5) is 5.69 Å². The number of benzene rings is 1. The van der Waals surface area contributed by atoms with Gasteiger partial charge in [-0.3, -0.25) is 4.72 Å². The summed E-state index contributed by atoms with van der Waals surface area (Å²) in [4.78, 5) is 0. The van der Waals surface area contributed by atoms with E-state index in [1.54, 1.807) is 17.4 Å². The third-order valence-corrected chi connectivity index (χ3v) is 9.50. The van der Waals surface area contributed by atoms with E-state index in [2.05, 4.69) is 17.0 Å². The second-order valence-corrected chi connectivity index (χ2v) is 12.1. The molecule has 0 bridgehead atoms. The Bertz CT molecular complexity index is 1070. The monoisotopic (exact) mass is 474 g/mol. The van der Waals surface area contributed by atoms with Gasteiger partial charge in [0, 0.05) is 18.0 Å². The molecule has 1 aliphatic carbocycles. The van der Waals surface area contributed by atoms with E-state index in [4.69, 9.17) is 0 Å². The lowest BCUT2D eigenvalue weighted by atomic mass is 9.85. The summed E-state index contributed by atoms with van der Waals surface area (Å²) in [5.41, 5.74) is 3.61. The Morgan fingerprint density at radius 2 is 1.87 bits per heavy atom. The minimum absolute atomic E-state index is 0.335. The van der Waals surface area contributed by atoms with Gasteiger partial charge in [-0.25, -0.2) is 8.42 Å². The van der Waals surface area contributed by atoms with Crippen LogP contribution in [-0.2, 0) is 16.6 Å². The van der Waals surface area contributed by atoms with Gasteiger partial charge in [0.25, 0.3) is 10.0 Å². The molecule has 0 spiro atoms. The van der Waals surface area contributed by atoms with E-state index >= 15 is 0 Å². The number of anilines is 1. The summed E-state index contributed by atoms with van der Waals surface area (Å²) < 4.78 is 29.2. The van der Waals surface area contributed by atoms with E-state index in [-0.39, 0.29) is 0 Å². The molecule has 1 atom stereocenters. The molecule has 0 radical (unpaired) electrons. The second kappa shape index (κ2) is 10.3. The summed E-state index contributed by atoms with van der Waals surface area (Å²) in [6.07, 6.45) is 7.98. The van der Waals surface area contributed by atoms with Gasteiger partial charge in [0.1, 0.15) is 4.21 Å². The van der Waals surface area contributed by atoms with Gasteiger partial charge in [-0.05, 0) is 64.9 Å². The van der Waals surface area contributed by atoms with E-state index < -0.39 is 10.0 Å². The maximum absolute atomic E-state index is 13.0. The van der Waals surface area contributed by atoms with Crippen molar-refractivity contribution in [2.45, 2.75) is 62.2 Å². The van der Waals surface area contributed by atoms with E-state index in [1.165, 1.54) is 49.9 Å². The first kappa shape index (κ1) is 22.5. The van der Waals surface area contributed by atoms with Crippen LogP contribution in [-0.4, -0.2) is 14.5 Å². The highest BCUT2D eigenvalue weighted by atomic mass is 32.2. The summed E-state index contributed by atoms with van der Waals surface area (Å²) in [6.45, 7) is 2.89.